The zero-order valence-corrected chi connectivity index (χ0v) is 17.9. The summed E-state index contributed by atoms with van der Waals surface area (Å²) in [5.41, 5.74) is 1.88. The summed E-state index contributed by atoms with van der Waals surface area (Å²) in [5, 5.41) is 0. The molecule has 30 heavy (non-hydrogen) atoms. The summed E-state index contributed by atoms with van der Waals surface area (Å²) in [7, 11) is 6.35. The van der Waals surface area contributed by atoms with Gasteiger partial charge < -0.3 is 28.7 Å². The molecule has 7 nitrogen and oxygen atoms in total. The van der Waals surface area contributed by atoms with E-state index < -0.39 is 0 Å². The molecule has 0 unspecified atom stereocenters. The highest BCUT2D eigenvalue weighted by molar-refractivity contribution is 5.92. The van der Waals surface area contributed by atoms with Gasteiger partial charge in [0.1, 0.15) is 5.75 Å². The van der Waals surface area contributed by atoms with Crippen molar-refractivity contribution in [2.45, 2.75) is 0 Å². The van der Waals surface area contributed by atoms with Crippen LogP contribution in [0.15, 0.2) is 42.5 Å². The number of benzene rings is 2. The molecule has 1 heterocycles. The molecule has 160 valence electrons. The number of hydrogen-bond acceptors (Lipinski definition) is 6. The number of nitrogens with zero attached hydrogens (tertiary/aromatic N) is 2. The first kappa shape index (κ1) is 21.4. The van der Waals surface area contributed by atoms with Gasteiger partial charge in [-0.05, 0) is 42.5 Å². The van der Waals surface area contributed by atoms with E-state index in [0.717, 1.165) is 30.1 Å². The van der Waals surface area contributed by atoms with Crippen molar-refractivity contribution in [3.63, 3.8) is 0 Å². The number of carbonyl (C=O) groups excluding carboxylic acids is 1. The van der Waals surface area contributed by atoms with Gasteiger partial charge in [0.2, 0.25) is 11.7 Å². The Balaban J connectivity index is 1.64. The lowest BCUT2D eigenvalue weighted by atomic mass is 10.1. The molecule has 7 heteroatoms. The van der Waals surface area contributed by atoms with Gasteiger partial charge in [0.15, 0.2) is 11.5 Å². The Bertz CT molecular complexity index is 887. The van der Waals surface area contributed by atoms with Crippen molar-refractivity contribution in [2.24, 2.45) is 0 Å². The van der Waals surface area contributed by atoms with Crippen molar-refractivity contribution in [2.75, 3.05) is 59.5 Å². The lowest BCUT2D eigenvalue weighted by molar-refractivity contribution is -0.126. The summed E-state index contributed by atoms with van der Waals surface area (Å²) in [6, 6.07) is 11.6. The van der Waals surface area contributed by atoms with Crippen LogP contribution in [0.4, 0.5) is 5.69 Å². The van der Waals surface area contributed by atoms with Crippen molar-refractivity contribution in [3.05, 3.63) is 48.0 Å². The molecule has 2 aromatic rings. The zero-order valence-electron chi connectivity index (χ0n) is 17.9. The highest BCUT2D eigenvalue weighted by Gasteiger charge is 2.20. The molecule has 1 saturated heterocycles. The molecule has 1 aliphatic rings. The van der Waals surface area contributed by atoms with Crippen molar-refractivity contribution >= 4 is 17.7 Å². The summed E-state index contributed by atoms with van der Waals surface area (Å²) >= 11 is 0. The third kappa shape index (κ3) is 4.62. The minimum Gasteiger partial charge on any atom is -0.497 e. The second-order valence-electron chi connectivity index (χ2n) is 6.77. The fourth-order valence-electron chi connectivity index (χ4n) is 3.50. The minimum atomic E-state index is -0.0266. The van der Waals surface area contributed by atoms with Gasteiger partial charge in [-0.15, -0.1) is 0 Å². The van der Waals surface area contributed by atoms with Crippen LogP contribution in [-0.4, -0.2) is 65.4 Å². The van der Waals surface area contributed by atoms with Gasteiger partial charge in [0.05, 0.1) is 28.4 Å². The largest absolute Gasteiger partial charge is 0.497 e. The first-order valence-corrected chi connectivity index (χ1v) is 9.76. The average molecular weight is 412 g/mol. The second kappa shape index (κ2) is 9.91. The van der Waals surface area contributed by atoms with Gasteiger partial charge in [0, 0.05) is 43.5 Å². The van der Waals surface area contributed by atoms with Crippen LogP contribution in [0.5, 0.6) is 23.0 Å². The van der Waals surface area contributed by atoms with Gasteiger partial charge in [-0.3, -0.25) is 4.79 Å². The van der Waals surface area contributed by atoms with Gasteiger partial charge >= 0.3 is 0 Å². The van der Waals surface area contributed by atoms with Crippen LogP contribution >= 0.6 is 0 Å². The zero-order chi connectivity index (χ0) is 21.5. The number of methoxy groups -OCH3 is 4. The van der Waals surface area contributed by atoms with E-state index in [0.29, 0.717) is 30.3 Å². The van der Waals surface area contributed by atoms with Gasteiger partial charge in [-0.25, -0.2) is 0 Å². The Morgan fingerprint density at radius 1 is 0.800 bits per heavy atom. The number of piperazine rings is 1. The second-order valence-corrected chi connectivity index (χ2v) is 6.77. The predicted molar refractivity (Wildman–Crippen MR) is 117 cm³/mol. The first-order chi connectivity index (χ1) is 14.6. The first-order valence-electron chi connectivity index (χ1n) is 9.76. The molecule has 1 amide bonds. The maximum atomic E-state index is 12.7. The van der Waals surface area contributed by atoms with Crippen LogP contribution in [0.2, 0.25) is 0 Å². The summed E-state index contributed by atoms with van der Waals surface area (Å²) in [4.78, 5) is 16.8. The average Bonchev–Trinajstić information content (AvgIpc) is 2.81. The van der Waals surface area contributed by atoms with Gasteiger partial charge in [-0.1, -0.05) is 0 Å². The van der Waals surface area contributed by atoms with Crippen molar-refractivity contribution < 1.29 is 23.7 Å². The number of carbonyl (C=O) groups is 1. The van der Waals surface area contributed by atoms with E-state index in [2.05, 4.69) is 4.90 Å². The Labute approximate surface area is 177 Å². The molecule has 3 rings (SSSR count). The fourth-order valence-corrected chi connectivity index (χ4v) is 3.50. The highest BCUT2D eigenvalue weighted by Crippen LogP contribution is 2.40. The van der Waals surface area contributed by atoms with Crippen molar-refractivity contribution in [3.8, 4) is 23.0 Å². The maximum Gasteiger partial charge on any atom is 0.246 e. The van der Waals surface area contributed by atoms with Crippen LogP contribution in [0.25, 0.3) is 6.08 Å². The molecule has 1 aliphatic heterocycles. The standard InChI is InChI=1S/C23H28N2O5/c1-27-19-9-7-18(8-10-19)24-13-15-25(16-14-24)21(26)12-6-17-5-11-20(28-2)23(30-4)22(17)29-3/h5-12H,13-16H2,1-4H3/b12-6+. The molecule has 0 aromatic heterocycles. The van der Waals surface area contributed by atoms with Crippen molar-refractivity contribution in [1.82, 2.24) is 4.90 Å². The topological polar surface area (TPSA) is 60.5 Å². The van der Waals surface area contributed by atoms with Crippen molar-refractivity contribution in [1.29, 1.82) is 0 Å². The molecule has 0 saturated carbocycles. The summed E-state index contributed by atoms with van der Waals surface area (Å²) < 4.78 is 21.4. The fraction of sp³-hybridized carbons (Fsp3) is 0.348. The van der Waals surface area contributed by atoms with E-state index in [1.165, 1.54) is 0 Å². The van der Waals surface area contributed by atoms with E-state index in [1.807, 2.05) is 35.2 Å². The van der Waals surface area contributed by atoms with Crippen LogP contribution in [0.3, 0.4) is 0 Å². The van der Waals surface area contributed by atoms with E-state index >= 15 is 0 Å². The number of amides is 1. The Morgan fingerprint density at radius 2 is 1.47 bits per heavy atom. The summed E-state index contributed by atoms with van der Waals surface area (Å²) in [6.07, 6.45) is 3.33. The molecular formula is C23H28N2O5. The van der Waals surface area contributed by atoms with Gasteiger partial charge in [-0.2, -0.15) is 0 Å². The van der Waals surface area contributed by atoms with E-state index in [1.54, 1.807) is 46.7 Å². The smallest absolute Gasteiger partial charge is 0.246 e. The monoisotopic (exact) mass is 412 g/mol. The number of hydrogen-bond donors (Lipinski definition) is 0. The quantitative estimate of drug-likeness (QED) is 0.652. The van der Waals surface area contributed by atoms with Gasteiger partial charge in [0.25, 0.3) is 0 Å². The lowest BCUT2D eigenvalue weighted by Gasteiger charge is -2.35. The Kier molecular flexibility index (Phi) is 7.06. The summed E-state index contributed by atoms with van der Waals surface area (Å²) in [6.45, 7) is 2.90. The normalized spacial score (nSPS) is 14.0. The Hall–Kier alpha value is -3.35. The molecule has 0 spiro atoms. The molecule has 0 radical (unpaired) electrons. The van der Waals surface area contributed by atoms with Crippen LogP contribution in [-0.2, 0) is 4.79 Å². The predicted octanol–water partition coefficient (Wildman–Crippen LogP) is 3.08. The van der Waals surface area contributed by atoms with Crippen LogP contribution in [0.1, 0.15) is 5.56 Å². The van der Waals surface area contributed by atoms with E-state index in [4.69, 9.17) is 18.9 Å². The third-order valence-electron chi connectivity index (χ3n) is 5.17. The molecule has 2 aromatic carbocycles. The number of anilines is 1. The highest BCUT2D eigenvalue weighted by atomic mass is 16.5. The molecule has 0 N–H and O–H groups in total. The molecule has 0 aliphatic carbocycles. The molecular weight excluding hydrogens is 384 g/mol. The molecule has 0 atom stereocenters. The molecule has 1 fully saturated rings. The van der Waals surface area contributed by atoms with Crippen LogP contribution in [0, 0.1) is 0 Å². The third-order valence-corrected chi connectivity index (χ3v) is 5.17. The lowest BCUT2D eigenvalue weighted by Crippen LogP contribution is -2.48. The summed E-state index contributed by atoms with van der Waals surface area (Å²) in [5.74, 6) is 2.42. The maximum absolute atomic E-state index is 12.7. The minimum absolute atomic E-state index is 0.0266. The number of ether oxygens (including phenoxy) is 4. The Morgan fingerprint density at radius 3 is 2.03 bits per heavy atom. The van der Waals surface area contributed by atoms with Crippen LogP contribution < -0.4 is 23.8 Å². The van der Waals surface area contributed by atoms with E-state index in [-0.39, 0.29) is 5.91 Å². The molecule has 0 bridgehead atoms. The SMILES string of the molecule is COc1ccc(N2CCN(C(=O)/C=C/c3ccc(OC)c(OC)c3OC)CC2)cc1. The van der Waals surface area contributed by atoms with E-state index in [9.17, 15) is 4.79 Å². The number of rotatable bonds is 7.